The van der Waals surface area contributed by atoms with E-state index in [9.17, 15) is 10.2 Å². The first-order valence-corrected chi connectivity index (χ1v) is 6.90. The van der Waals surface area contributed by atoms with Crippen LogP contribution in [0.15, 0.2) is 18.2 Å². The van der Waals surface area contributed by atoms with Gasteiger partial charge in [0.15, 0.2) is 0 Å². The zero-order valence-corrected chi connectivity index (χ0v) is 12.0. The number of nitrogens with zero attached hydrogens (tertiary/aromatic N) is 1. The summed E-state index contributed by atoms with van der Waals surface area (Å²) in [5.74, 6) is 0.462. The second-order valence-electron chi connectivity index (χ2n) is 5.77. The highest BCUT2D eigenvalue weighted by Gasteiger charge is 2.31. The van der Waals surface area contributed by atoms with Gasteiger partial charge in [0, 0.05) is 30.2 Å². The third-order valence-electron chi connectivity index (χ3n) is 4.51. The molecule has 0 radical (unpaired) electrons. The van der Waals surface area contributed by atoms with Crippen LogP contribution in [0.25, 0.3) is 0 Å². The van der Waals surface area contributed by atoms with Crippen molar-refractivity contribution in [3.63, 3.8) is 0 Å². The minimum Gasteiger partial charge on any atom is -0.508 e. The third-order valence-corrected chi connectivity index (χ3v) is 4.51. The van der Waals surface area contributed by atoms with Crippen molar-refractivity contribution in [3.8, 4) is 11.5 Å². The predicted octanol–water partition coefficient (Wildman–Crippen LogP) is 2.23. The van der Waals surface area contributed by atoms with Crippen LogP contribution in [0.2, 0.25) is 0 Å². The maximum absolute atomic E-state index is 9.93. The van der Waals surface area contributed by atoms with Crippen molar-refractivity contribution in [1.82, 2.24) is 10.2 Å². The Kier molecular flexibility index (Phi) is 4.02. The molecule has 1 saturated heterocycles. The van der Waals surface area contributed by atoms with Gasteiger partial charge in [-0.15, -0.1) is 0 Å². The molecule has 2 rings (SSSR count). The molecule has 1 atom stereocenters. The largest absolute Gasteiger partial charge is 0.508 e. The van der Waals surface area contributed by atoms with E-state index in [4.69, 9.17) is 0 Å². The topological polar surface area (TPSA) is 55.7 Å². The van der Waals surface area contributed by atoms with Gasteiger partial charge in [-0.05, 0) is 51.9 Å². The molecule has 1 aromatic carbocycles. The van der Waals surface area contributed by atoms with E-state index >= 15 is 0 Å². The zero-order chi connectivity index (χ0) is 14.0. The Morgan fingerprint density at radius 1 is 1.26 bits per heavy atom. The first kappa shape index (κ1) is 14.2. The molecule has 0 aromatic heterocycles. The number of likely N-dealkylation sites (tertiary alicyclic amines) is 1. The molecule has 4 heteroatoms. The number of piperidine rings is 1. The maximum Gasteiger partial charge on any atom is 0.120 e. The number of rotatable bonds is 3. The molecule has 19 heavy (non-hydrogen) atoms. The lowest BCUT2D eigenvalue weighted by Gasteiger charge is -2.42. The molecule has 0 saturated carbocycles. The van der Waals surface area contributed by atoms with Crippen molar-refractivity contribution in [2.45, 2.75) is 38.3 Å². The van der Waals surface area contributed by atoms with Crippen molar-refractivity contribution in [3.05, 3.63) is 23.8 Å². The summed E-state index contributed by atoms with van der Waals surface area (Å²) in [5, 5.41) is 22.9. The standard InChI is InChI=1S/C15H24N2O2/c1-11(13-10-12(18)4-5-14(13)19)17-8-6-15(2,16-3)7-9-17/h4-5,10-11,16,18-19H,6-9H2,1-3H3. The molecule has 4 nitrogen and oxygen atoms in total. The van der Waals surface area contributed by atoms with Crippen LogP contribution >= 0.6 is 0 Å². The number of hydrogen-bond donors (Lipinski definition) is 3. The van der Waals surface area contributed by atoms with Crippen molar-refractivity contribution in [2.24, 2.45) is 0 Å². The predicted molar refractivity (Wildman–Crippen MR) is 76.5 cm³/mol. The summed E-state index contributed by atoms with van der Waals surface area (Å²) < 4.78 is 0. The van der Waals surface area contributed by atoms with Gasteiger partial charge in [0.05, 0.1) is 0 Å². The Balaban J connectivity index is 2.09. The van der Waals surface area contributed by atoms with Gasteiger partial charge in [-0.3, -0.25) is 4.90 Å². The molecule has 1 heterocycles. The second kappa shape index (κ2) is 5.39. The van der Waals surface area contributed by atoms with E-state index in [1.165, 1.54) is 6.07 Å². The van der Waals surface area contributed by atoms with Crippen molar-refractivity contribution >= 4 is 0 Å². The Morgan fingerprint density at radius 2 is 1.89 bits per heavy atom. The molecule has 1 aliphatic rings. The molecule has 1 unspecified atom stereocenters. The fourth-order valence-electron chi connectivity index (χ4n) is 2.73. The highest BCUT2D eigenvalue weighted by Crippen LogP contribution is 2.34. The fraction of sp³-hybridized carbons (Fsp3) is 0.600. The van der Waals surface area contributed by atoms with Crippen molar-refractivity contribution < 1.29 is 10.2 Å². The van der Waals surface area contributed by atoms with Crippen LogP contribution in [-0.2, 0) is 0 Å². The van der Waals surface area contributed by atoms with Gasteiger partial charge < -0.3 is 15.5 Å². The van der Waals surface area contributed by atoms with Gasteiger partial charge >= 0.3 is 0 Å². The van der Waals surface area contributed by atoms with Crippen LogP contribution in [-0.4, -0.2) is 40.8 Å². The van der Waals surface area contributed by atoms with Crippen LogP contribution in [0.4, 0.5) is 0 Å². The summed E-state index contributed by atoms with van der Waals surface area (Å²) in [6, 6.07) is 4.85. The first-order chi connectivity index (χ1) is 8.95. The average Bonchev–Trinajstić information content (AvgIpc) is 2.42. The van der Waals surface area contributed by atoms with Gasteiger partial charge in [-0.2, -0.15) is 0 Å². The van der Waals surface area contributed by atoms with Crippen LogP contribution in [0, 0.1) is 0 Å². The summed E-state index contributed by atoms with van der Waals surface area (Å²) in [5.41, 5.74) is 1.02. The average molecular weight is 264 g/mol. The lowest BCUT2D eigenvalue weighted by atomic mass is 9.88. The summed E-state index contributed by atoms with van der Waals surface area (Å²) in [6.07, 6.45) is 2.18. The number of phenolic OH excluding ortho intramolecular Hbond substituents is 2. The molecule has 0 bridgehead atoms. The maximum atomic E-state index is 9.93. The van der Waals surface area contributed by atoms with E-state index in [1.54, 1.807) is 12.1 Å². The van der Waals surface area contributed by atoms with E-state index in [1.807, 2.05) is 7.05 Å². The second-order valence-corrected chi connectivity index (χ2v) is 5.77. The number of hydrogen-bond acceptors (Lipinski definition) is 4. The molecule has 0 amide bonds. The normalized spacial score (nSPS) is 21.2. The first-order valence-electron chi connectivity index (χ1n) is 6.90. The Hall–Kier alpha value is -1.26. The number of phenols is 2. The van der Waals surface area contributed by atoms with Crippen molar-refractivity contribution in [1.29, 1.82) is 0 Å². The quantitative estimate of drug-likeness (QED) is 0.733. The van der Waals surface area contributed by atoms with E-state index in [2.05, 4.69) is 24.1 Å². The van der Waals surface area contributed by atoms with E-state index in [0.29, 0.717) is 0 Å². The van der Waals surface area contributed by atoms with E-state index in [-0.39, 0.29) is 23.1 Å². The monoisotopic (exact) mass is 264 g/mol. The summed E-state index contributed by atoms with van der Waals surface area (Å²) in [7, 11) is 2.01. The highest BCUT2D eigenvalue weighted by molar-refractivity contribution is 5.40. The summed E-state index contributed by atoms with van der Waals surface area (Å²) in [6.45, 7) is 6.32. The fourth-order valence-corrected chi connectivity index (χ4v) is 2.73. The third kappa shape index (κ3) is 3.01. The van der Waals surface area contributed by atoms with E-state index in [0.717, 1.165) is 31.5 Å². The van der Waals surface area contributed by atoms with Gasteiger partial charge in [0.1, 0.15) is 11.5 Å². The number of benzene rings is 1. The molecular formula is C15H24N2O2. The van der Waals surface area contributed by atoms with Gasteiger partial charge in [-0.25, -0.2) is 0 Å². The van der Waals surface area contributed by atoms with Crippen LogP contribution in [0.1, 0.15) is 38.3 Å². The molecule has 1 aromatic rings. The van der Waals surface area contributed by atoms with E-state index < -0.39 is 0 Å². The summed E-state index contributed by atoms with van der Waals surface area (Å²) >= 11 is 0. The van der Waals surface area contributed by atoms with Gasteiger partial charge in [0.25, 0.3) is 0 Å². The molecule has 0 aliphatic carbocycles. The number of aromatic hydroxyl groups is 2. The Bertz CT molecular complexity index is 440. The SMILES string of the molecule is CNC1(C)CCN(C(C)c2cc(O)ccc2O)CC1. The van der Waals surface area contributed by atoms with Crippen LogP contribution < -0.4 is 5.32 Å². The molecular weight excluding hydrogens is 240 g/mol. The highest BCUT2D eigenvalue weighted by atomic mass is 16.3. The molecule has 3 N–H and O–H groups in total. The van der Waals surface area contributed by atoms with Crippen molar-refractivity contribution in [2.75, 3.05) is 20.1 Å². The molecule has 1 fully saturated rings. The lowest BCUT2D eigenvalue weighted by Crippen LogP contribution is -2.50. The Labute approximate surface area is 115 Å². The number of nitrogens with one attached hydrogen (secondary N) is 1. The van der Waals surface area contributed by atoms with Crippen LogP contribution in [0.5, 0.6) is 11.5 Å². The zero-order valence-electron chi connectivity index (χ0n) is 12.0. The Morgan fingerprint density at radius 3 is 2.47 bits per heavy atom. The minimum absolute atomic E-state index is 0.119. The minimum atomic E-state index is 0.119. The van der Waals surface area contributed by atoms with Crippen LogP contribution in [0.3, 0.4) is 0 Å². The molecule has 106 valence electrons. The van der Waals surface area contributed by atoms with Gasteiger partial charge in [0.2, 0.25) is 0 Å². The smallest absolute Gasteiger partial charge is 0.120 e. The molecule has 0 spiro atoms. The van der Waals surface area contributed by atoms with Gasteiger partial charge in [-0.1, -0.05) is 0 Å². The molecule has 1 aliphatic heterocycles. The summed E-state index contributed by atoms with van der Waals surface area (Å²) in [4.78, 5) is 2.35. The lowest BCUT2D eigenvalue weighted by molar-refractivity contribution is 0.116.